The van der Waals surface area contributed by atoms with E-state index < -0.39 is 194 Å². The Hall–Kier alpha value is -0.806. The fraction of sp³-hybridized carbons (Fsp3) is 0. The van der Waals surface area contributed by atoms with Crippen molar-refractivity contribution in [2.24, 2.45) is 20.5 Å². The number of rotatable bonds is 14. The monoisotopic (exact) mass is 1460 g/mol. The molecule has 36 nitrogen and oxygen atoms in total. The first-order chi connectivity index (χ1) is 37.1. The van der Waals surface area contributed by atoms with Crippen LogP contribution in [0.5, 0.6) is 23.0 Å². The third-order valence-electron chi connectivity index (χ3n) is 9.89. The minimum Gasteiger partial charge on any atom is -0.871 e. The van der Waals surface area contributed by atoms with Crippen LogP contribution in [0.25, 0.3) is 21.5 Å². The molecule has 0 bridgehead atoms. The summed E-state index contributed by atoms with van der Waals surface area (Å²) in [4.78, 5) is 37.6. The summed E-state index contributed by atoms with van der Waals surface area (Å²) < 4.78 is 143. The van der Waals surface area contributed by atoms with Gasteiger partial charge in [-0.25, -0.2) is 33.7 Å². The number of azo groups is 2. The van der Waals surface area contributed by atoms with E-state index in [1.807, 2.05) is 0 Å². The minimum absolute atomic E-state index is 0. The van der Waals surface area contributed by atoms with E-state index in [0.717, 1.165) is 24.3 Å². The molecule has 6 aromatic carbocycles. The van der Waals surface area contributed by atoms with Crippen LogP contribution in [0, 0.1) is 20.2 Å². The molecule has 0 atom stereocenters. The topological polar surface area (TPSA) is 610 Å². The Labute approximate surface area is 714 Å². The number of nitrogens with two attached hydrogens (primary N) is 2. The van der Waals surface area contributed by atoms with Crippen molar-refractivity contribution in [3.63, 3.8) is 0 Å². The summed E-state index contributed by atoms with van der Waals surface area (Å²) in [7, 11) is -21.5. The SMILES string of the molecule is Nc1nc(Cl)nc(Nc2cc(S(=O)(=O)[O-])cc3cc(S(=O)(=O)[O-])c(N=Nc4cc([N+](=O)[O-])ccc4[O-])c([O-])c23)n1.Nc1nc(Cl)nc(Nc2cc(S(=O)(=O)[O-])cc3cc(S(=O)(=O)[O-])c(N=Nc4cc([N+](=O)[O-])ccc4[O-])c([O-])c23)n1.[Cr+3].[K+].[K+].[K+].[K+].[K+]. The zero-order chi connectivity index (χ0) is 59.1. The number of aromatic nitrogens is 6. The summed E-state index contributed by atoms with van der Waals surface area (Å²) in [5, 5.41) is 88.7. The molecule has 2 aromatic heterocycles. The van der Waals surface area contributed by atoms with Crippen molar-refractivity contribution >= 4 is 155 Å². The molecule has 6 N–H and O–H groups in total. The number of hydrogen-bond acceptors (Lipinski definition) is 34. The van der Waals surface area contributed by atoms with Gasteiger partial charge >= 0.3 is 274 Å². The molecule has 0 aliphatic heterocycles. The van der Waals surface area contributed by atoms with Crippen LogP contribution < -0.4 is 299 Å². The van der Waals surface area contributed by atoms with Crippen molar-refractivity contribution in [2.75, 3.05) is 22.1 Å². The third-order valence-corrected chi connectivity index (χ3v) is 13.6. The maximum absolute atomic E-state index is 13.5. The Morgan fingerprint density at radius 3 is 1.07 bits per heavy atom. The molecule has 0 aliphatic carbocycles. The third kappa shape index (κ3) is 21.1. The molecule has 8 aromatic rings. The zero-order valence-electron chi connectivity index (χ0n) is 43.4. The largest absolute Gasteiger partial charge is 3.00 e. The van der Waals surface area contributed by atoms with Crippen molar-refractivity contribution in [3.8, 4) is 23.0 Å². The maximum Gasteiger partial charge on any atom is 3.00 e. The predicted octanol–water partition coefficient (Wildman–Crippen LogP) is -12.4. The van der Waals surface area contributed by atoms with E-state index >= 15 is 0 Å². The van der Waals surface area contributed by atoms with Gasteiger partial charge in [0.25, 0.3) is 11.4 Å². The van der Waals surface area contributed by atoms with Gasteiger partial charge in [0.05, 0.1) is 52.2 Å². The second-order valence-electron chi connectivity index (χ2n) is 15.1. The van der Waals surface area contributed by atoms with Crippen LogP contribution >= 0.6 is 23.2 Å². The molecule has 0 amide bonds. The van der Waals surface area contributed by atoms with Crippen LogP contribution in [0.1, 0.15) is 0 Å². The Kier molecular flexibility index (Phi) is 32.8. The first-order valence-corrected chi connectivity index (χ1v) is 26.6. The molecule has 8 rings (SSSR count). The average molecular weight is 1470 g/mol. The van der Waals surface area contributed by atoms with E-state index in [-0.39, 0.29) is 274 Å². The number of anilines is 6. The molecule has 2 heterocycles. The van der Waals surface area contributed by atoms with Gasteiger partial charge in [0.2, 0.25) is 34.4 Å². The van der Waals surface area contributed by atoms with Crippen molar-refractivity contribution in [1.82, 2.24) is 29.9 Å². The van der Waals surface area contributed by atoms with Crippen LogP contribution in [0.2, 0.25) is 10.6 Å². The van der Waals surface area contributed by atoms with Crippen LogP contribution in [0.3, 0.4) is 0 Å². The Balaban J connectivity index is 0.000000804. The maximum atomic E-state index is 13.5. The number of nitrogens with zero attached hydrogens (tertiary/aromatic N) is 12. The molecular weight excluding hydrogens is 1450 g/mol. The fourth-order valence-corrected chi connectivity index (χ4v) is 9.31. The number of nitro groups is 2. The molecule has 0 saturated carbocycles. The minimum atomic E-state index is -5.52. The number of nitro benzene ring substituents is 2. The van der Waals surface area contributed by atoms with Gasteiger partial charge in [-0.3, -0.25) is 20.2 Å². The molecule has 419 valence electrons. The van der Waals surface area contributed by atoms with Crippen LogP contribution in [-0.2, 0) is 57.8 Å². The predicted molar refractivity (Wildman–Crippen MR) is 257 cm³/mol. The van der Waals surface area contributed by atoms with Gasteiger partial charge in [-0.05, 0) is 81.1 Å². The smallest absolute Gasteiger partial charge is 0.871 e. The Morgan fingerprint density at radius 2 is 0.791 bits per heavy atom. The molecule has 0 unspecified atom stereocenters. The molecule has 1 radical (unpaired) electrons. The molecule has 48 heteroatoms. The standard InChI is InChI=1S/2C19H13ClN8O10S2.Cr.5K/c2*20-17-23-18(21)25-19(24-17)22-11-6-9(39(33,34)35)3-7-4-13(40(36,37)38)15(16(30)14(7)11)27-26-10-5-8(28(31)32)1-2-12(10)29;;;;;;/h2*1-6,29-30H,(H,33,34,35)(H,36,37,38)(H3,21,22,23,24,25);;;;;;/q;;+3;5*+1/p-8. The van der Waals surface area contributed by atoms with Gasteiger partial charge in [-0.1, -0.05) is 35.1 Å². The van der Waals surface area contributed by atoms with Crippen LogP contribution in [0.4, 0.5) is 69.3 Å². The number of non-ortho nitro benzene ring substituents is 2. The van der Waals surface area contributed by atoms with Crippen molar-refractivity contribution in [2.45, 2.75) is 19.6 Å². The summed E-state index contributed by atoms with van der Waals surface area (Å²) in [5.74, 6) is -6.16. The van der Waals surface area contributed by atoms with Crippen molar-refractivity contribution in [3.05, 3.63) is 104 Å². The number of fused-ring (bicyclic) bond motifs is 2. The van der Waals surface area contributed by atoms with Gasteiger partial charge in [-0.15, -0.1) is 10.2 Å². The number of halogens is 2. The van der Waals surface area contributed by atoms with Crippen LogP contribution in [-0.4, -0.2) is 91.6 Å². The van der Waals surface area contributed by atoms with Gasteiger partial charge in [-0.2, -0.15) is 40.1 Å². The van der Waals surface area contributed by atoms with Crippen molar-refractivity contribution < 1.29 is 356 Å². The number of benzene rings is 6. The van der Waals surface area contributed by atoms with Gasteiger partial charge in [0.15, 0.2) is 0 Å². The fourth-order valence-electron chi connectivity index (χ4n) is 6.63. The van der Waals surface area contributed by atoms with Crippen LogP contribution in [0.15, 0.2) is 113 Å². The summed E-state index contributed by atoms with van der Waals surface area (Å²) in [6.07, 6.45) is 0. The van der Waals surface area contributed by atoms with E-state index in [1.165, 1.54) is 0 Å². The Bertz CT molecular complexity index is 4220. The Morgan fingerprint density at radius 1 is 0.465 bits per heavy atom. The van der Waals surface area contributed by atoms with E-state index in [9.17, 15) is 92.5 Å². The van der Waals surface area contributed by atoms with E-state index in [1.54, 1.807) is 0 Å². The number of hydrogen-bond donors (Lipinski definition) is 4. The normalized spacial score (nSPS) is 11.3. The molecule has 0 aliphatic rings. The first-order valence-electron chi connectivity index (χ1n) is 20.2. The van der Waals surface area contributed by atoms with Gasteiger partial charge < -0.3 is 60.7 Å². The number of nitrogen functional groups attached to an aromatic ring is 2. The second kappa shape index (κ2) is 33.9. The summed E-state index contributed by atoms with van der Waals surface area (Å²) in [6, 6.07) is 8.38. The number of nitrogens with one attached hydrogen (secondary N) is 2. The molecular formula is C38H18Cl2CrK5N16O20S4. The van der Waals surface area contributed by atoms with E-state index in [0.29, 0.717) is 48.5 Å². The van der Waals surface area contributed by atoms with Gasteiger partial charge in [0, 0.05) is 35.6 Å². The quantitative estimate of drug-likeness (QED) is 0.0258. The molecule has 0 fully saturated rings. The molecule has 0 spiro atoms. The first kappa shape index (κ1) is 83.2. The second-order valence-corrected chi connectivity index (χ2v) is 21.2. The summed E-state index contributed by atoms with van der Waals surface area (Å²) >= 11 is 11.4. The molecule has 0 saturated heterocycles. The van der Waals surface area contributed by atoms with E-state index in [2.05, 4.69) is 61.0 Å². The van der Waals surface area contributed by atoms with Gasteiger partial charge in [0.1, 0.15) is 40.5 Å². The van der Waals surface area contributed by atoms with E-state index in [4.69, 9.17) is 34.7 Å². The van der Waals surface area contributed by atoms with Crippen molar-refractivity contribution in [1.29, 1.82) is 0 Å². The zero-order valence-corrected chi connectivity index (χ0v) is 65.1. The summed E-state index contributed by atoms with van der Waals surface area (Å²) in [5.41, 5.74) is 5.20. The molecule has 86 heavy (non-hydrogen) atoms. The summed E-state index contributed by atoms with van der Waals surface area (Å²) in [6.45, 7) is 0. The average Bonchev–Trinajstić information content (AvgIpc) is 1.25.